The molecular weight excluding hydrogens is 340 g/mol. The van der Waals surface area contributed by atoms with Gasteiger partial charge in [0, 0.05) is 49.5 Å². The van der Waals surface area contributed by atoms with E-state index in [0.29, 0.717) is 12.2 Å². The first-order valence-electron chi connectivity index (χ1n) is 7.06. The molecule has 2 aromatic heterocycles. The minimum atomic E-state index is 0.00904. The van der Waals surface area contributed by atoms with Crippen molar-refractivity contribution >= 4 is 40.2 Å². The topological polar surface area (TPSA) is 62.5 Å². The molecule has 0 aliphatic carbocycles. The molecule has 1 fully saturated rings. The van der Waals surface area contributed by atoms with Gasteiger partial charge in [-0.3, -0.25) is 9.69 Å². The molecule has 2 aromatic rings. The molecule has 1 saturated heterocycles. The fourth-order valence-electron chi connectivity index (χ4n) is 2.43. The molecule has 0 atom stereocenters. The van der Waals surface area contributed by atoms with Crippen LogP contribution in [0.5, 0.6) is 0 Å². The number of nitrogens with two attached hydrogens (primary N) is 1. The van der Waals surface area contributed by atoms with Crippen LogP contribution >= 0.6 is 34.3 Å². The molecule has 3 heterocycles. The van der Waals surface area contributed by atoms with Gasteiger partial charge in [-0.1, -0.05) is 11.6 Å². The Hall–Kier alpha value is -0.990. The summed E-state index contributed by atoms with van der Waals surface area (Å²) in [7, 11) is 0. The molecule has 1 amide bonds. The molecule has 0 bridgehead atoms. The Morgan fingerprint density at radius 3 is 2.68 bits per heavy atom. The lowest BCUT2D eigenvalue weighted by atomic mass is 10.2. The molecule has 1 aliphatic heterocycles. The van der Waals surface area contributed by atoms with Crippen molar-refractivity contribution in [1.29, 1.82) is 0 Å². The van der Waals surface area contributed by atoms with E-state index in [9.17, 15) is 4.79 Å². The second kappa shape index (κ2) is 7.06. The fraction of sp³-hybridized carbons (Fsp3) is 0.429. The van der Waals surface area contributed by atoms with Crippen molar-refractivity contribution in [2.24, 2.45) is 5.73 Å². The third kappa shape index (κ3) is 3.67. The Bertz CT molecular complexity index is 649. The molecule has 0 spiro atoms. The third-order valence-electron chi connectivity index (χ3n) is 3.61. The molecule has 3 rings (SSSR count). The average Bonchev–Trinajstić information content (AvgIpc) is 3.16. The number of rotatable bonds is 4. The second-order valence-corrected chi connectivity index (χ2v) is 7.85. The summed E-state index contributed by atoms with van der Waals surface area (Å²) in [5.41, 5.74) is 6.06. The van der Waals surface area contributed by atoms with Gasteiger partial charge in [-0.15, -0.1) is 22.7 Å². The number of halogens is 1. The van der Waals surface area contributed by atoms with E-state index in [0.717, 1.165) is 42.1 Å². The molecule has 0 unspecified atom stereocenters. The normalized spacial score (nSPS) is 16.2. The van der Waals surface area contributed by atoms with Crippen molar-refractivity contribution < 1.29 is 4.79 Å². The average molecular weight is 357 g/mol. The lowest BCUT2D eigenvalue weighted by Gasteiger charge is -2.34. The van der Waals surface area contributed by atoms with Crippen molar-refractivity contribution in [1.82, 2.24) is 14.8 Å². The lowest BCUT2D eigenvalue weighted by Crippen LogP contribution is -2.48. The number of piperazine rings is 1. The highest BCUT2D eigenvalue weighted by atomic mass is 35.5. The smallest absolute Gasteiger partial charge is 0.273 e. The van der Waals surface area contributed by atoms with Crippen LogP contribution in [0.3, 0.4) is 0 Å². The highest BCUT2D eigenvalue weighted by Crippen LogP contribution is 2.23. The SMILES string of the molecule is NCc1nc(C(=O)N2CCN(Cc3ccc(Cl)s3)CC2)cs1. The Morgan fingerprint density at radius 2 is 2.09 bits per heavy atom. The fourth-order valence-corrected chi connectivity index (χ4v) is 4.21. The predicted octanol–water partition coefficient (Wildman–Crippen LogP) is 2.27. The van der Waals surface area contributed by atoms with E-state index in [1.165, 1.54) is 16.2 Å². The zero-order chi connectivity index (χ0) is 15.5. The van der Waals surface area contributed by atoms with Crippen LogP contribution in [-0.2, 0) is 13.1 Å². The van der Waals surface area contributed by atoms with Crippen molar-refractivity contribution in [3.05, 3.63) is 37.4 Å². The molecule has 0 radical (unpaired) electrons. The summed E-state index contributed by atoms with van der Waals surface area (Å²) in [6.07, 6.45) is 0. The van der Waals surface area contributed by atoms with E-state index in [-0.39, 0.29) is 5.91 Å². The molecule has 0 saturated carbocycles. The second-order valence-electron chi connectivity index (χ2n) is 5.10. The third-order valence-corrected chi connectivity index (χ3v) is 5.70. The van der Waals surface area contributed by atoms with Gasteiger partial charge in [0.1, 0.15) is 10.7 Å². The van der Waals surface area contributed by atoms with Gasteiger partial charge in [-0.05, 0) is 12.1 Å². The maximum Gasteiger partial charge on any atom is 0.273 e. The van der Waals surface area contributed by atoms with Crippen LogP contribution in [0.2, 0.25) is 4.34 Å². The number of hydrogen-bond acceptors (Lipinski definition) is 6. The Labute approximate surface area is 142 Å². The molecule has 118 valence electrons. The van der Waals surface area contributed by atoms with Crippen molar-refractivity contribution in [2.75, 3.05) is 26.2 Å². The first kappa shape index (κ1) is 15.9. The summed E-state index contributed by atoms with van der Waals surface area (Å²) in [5.74, 6) is 0.00904. The standard InChI is InChI=1S/C14H17ClN4OS2/c15-12-2-1-10(22-12)8-18-3-5-19(6-4-18)14(20)11-9-21-13(7-16)17-11/h1-2,9H,3-8,16H2. The summed E-state index contributed by atoms with van der Waals surface area (Å²) in [6, 6.07) is 3.99. The van der Waals surface area contributed by atoms with Crippen LogP contribution in [0, 0.1) is 0 Å². The Balaban J connectivity index is 1.53. The minimum absolute atomic E-state index is 0.00904. The predicted molar refractivity (Wildman–Crippen MR) is 90.5 cm³/mol. The van der Waals surface area contributed by atoms with Crippen LogP contribution in [-0.4, -0.2) is 46.9 Å². The van der Waals surface area contributed by atoms with E-state index in [1.807, 2.05) is 11.0 Å². The van der Waals surface area contributed by atoms with Crippen LogP contribution in [0.4, 0.5) is 0 Å². The number of nitrogens with zero attached hydrogens (tertiary/aromatic N) is 3. The number of thiophene rings is 1. The molecule has 5 nitrogen and oxygen atoms in total. The zero-order valence-electron chi connectivity index (χ0n) is 12.0. The van der Waals surface area contributed by atoms with Gasteiger partial charge in [-0.25, -0.2) is 4.98 Å². The van der Waals surface area contributed by atoms with Crippen LogP contribution in [0.25, 0.3) is 0 Å². The van der Waals surface area contributed by atoms with Gasteiger partial charge in [0.2, 0.25) is 0 Å². The lowest BCUT2D eigenvalue weighted by molar-refractivity contribution is 0.0624. The number of amides is 1. The summed E-state index contributed by atoms with van der Waals surface area (Å²) >= 11 is 9.01. The minimum Gasteiger partial charge on any atom is -0.335 e. The van der Waals surface area contributed by atoms with E-state index in [2.05, 4.69) is 16.0 Å². The summed E-state index contributed by atoms with van der Waals surface area (Å²) in [5, 5.41) is 2.60. The van der Waals surface area contributed by atoms with Crippen molar-refractivity contribution in [3.63, 3.8) is 0 Å². The van der Waals surface area contributed by atoms with Gasteiger partial charge < -0.3 is 10.6 Å². The Morgan fingerprint density at radius 1 is 1.32 bits per heavy atom. The summed E-state index contributed by atoms with van der Waals surface area (Å²) in [6.45, 7) is 4.48. The maximum atomic E-state index is 12.4. The summed E-state index contributed by atoms with van der Waals surface area (Å²) < 4.78 is 0.822. The van der Waals surface area contributed by atoms with E-state index < -0.39 is 0 Å². The Kier molecular flexibility index (Phi) is 5.10. The largest absolute Gasteiger partial charge is 0.335 e. The van der Waals surface area contributed by atoms with Gasteiger partial charge in [0.05, 0.1) is 4.34 Å². The number of aromatic nitrogens is 1. The van der Waals surface area contributed by atoms with E-state index in [4.69, 9.17) is 17.3 Å². The van der Waals surface area contributed by atoms with Crippen molar-refractivity contribution in [3.8, 4) is 0 Å². The first-order valence-corrected chi connectivity index (χ1v) is 9.13. The number of carbonyl (C=O) groups excluding carboxylic acids is 1. The van der Waals surface area contributed by atoms with Gasteiger partial charge >= 0.3 is 0 Å². The molecular formula is C14H17ClN4OS2. The van der Waals surface area contributed by atoms with E-state index in [1.54, 1.807) is 16.7 Å². The maximum absolute atomic E-state index is 12.4. The highest BCUT2D eigenvalue weighted by Gasteiger charge is 2.23. The van der Waals surface area contributed by atoms with Gasteiger partial charge in [-0.2, -0.15) is 0 Å². The van der Waals surface area contributed by atoms with E-state index >= 15 is 0 Å². The number of hydrogen-bond donors (Lipinski definition) is 1. The van der Waals surface area contributed by atoms with Crippen LogP contribution in [0.15, 0.2) is 17.5 Å². The number of thiazole rings is 1. The number of carbonyl (C=O) groups is 1. The van der Waals surface area contributed by atoms with Gasteiger partial charge in [0.25, 0.3) is 5.91 Å². The van der Waals surface area contributed by atoms with Crippen molar-refractivity contribution in [2.45, 2.75) is 13.1 Å². The zero-order valence-corrected chi connectivity index (χ0v) is 14.4. The van der Waals surface area contributed by atoms with Crippen LogP contribution < -0.4 is 5.73 Å². The monoisotopic (exact) mass is 356 g/mol. The molecule has 22 heavy (non-hydrogen) atoms. The van der Waals surface area contributed by atoms with Crippen LogP contribution in [0.1, 0.15) is 20.4 Å². The summed E-state index contributed by atoms with van der Waals surface area (Å²) in [4.78, 5) is 22.1. The molecule has 0 aromatic carbocycles. The highest BCUT2D eigenvalue weighted by molar-refractivity contribution is 7.16. The quantitative estimate of drug-likeness (QED) is 0.912. The molecule has 8 heteroatoms. The first-order chi connectivity index (χ1) is 10.7. The molecule has 2 N–H and O–H groups in total. The van der Waals surface area contributed by atoms with Gasteiger partial charge in [0.15, 0.2) is 0 Å². The molecule has 1 aliphatic rings.